The maximum absolute atomic E-state index is 12.4. The number of hydrogen-bond donors (Lipinski definition) is 2. The number of nitrogens with zero attached hydrogens (tertiary/aromatic N) is 1. The van der Waals surface area contributed by atoms with Crippen molar-refractivity contribution < 1.29 is 17.5 Å². The van der Waals surface area contributed by atoms with E-state index in [1.165, 1.54) is 0 Å². The fourth-order valence-corrected chi connectivity index (χ4v) is 4.77. The van der Waals surface area contributed by atoms with Gasteiger partial charge in [0.15, 0.2) is 0 Å². The van der Waals surface area contributed by atoms with Crippen molar-refractivity contribution in [2.75, 3.05) is 29.5 Å². The molecule has 3 aromatic rings. The average Bonchev–Trinajstić information content (AvgIpc) is 3.02. The Labute approximate surface area is 176 Å². The minimum atomic E-state index is -3.35. The van der Waals surface area contributed by atoms with Crippen LogP contribution < -0.4 is 15.2 Å². The number of nitrogens with two attached hydrogens (primary N) is 1. The smallest absolute Gasteiger partial charge is 0.232 e. The van der Waals surface area contributed by atoms with E-state index in [2.05, 4.69) is 9.29 Å². The number of nitrogens with one attached hydrogen (secondary N) is 1. The van der Waals surface area contributed by atoms with Gasteiger partial charge in [-0.25, -0.2) is 12.8 Å². The van der Waals surface area contributed by atoms with E-state index in [0.717, 1.165) is 28.6 Å². The van der Waals surface area contributed by atoms with Gasteiger partial charge >= 0.3 is 0 Å². The summed E-state index contributed by atoms with van der Waals surface area (Å²) in [4.78, 5) is 0. The van der Waals surface area contributed by atoms with Gasteiger partial charge in [0.25, 0.3) is 0 Å². The minimum Gasteiger partial charge on any atom is -0.491 e. The van der Waals surface area contributed by atoms with Crippen molar-refractivity contribution in [2.45, 2.75) is 33.2 Å². The Kier molecular flexibility index (Phi) is 6.87. The van der Waals surface area contributed by atoms with E-state index < -0.39 is 16.7 Å². The molecule has 6 nitrogen and oxygen atoms in total. The number of unbranched alkanes of at least 4 members (excludes halogenated alkanes) is 1. The van der Waals surface area contributed by atoms with E-state index in [0.29, 0.717) is 30.1 Å². The number of nitrogen functional groups attached to an aromatic ring is 1. The summed E-state index contributed by atoms with van der Waals surface area (Å²) < 4.78 is 46.8. The molecule has 1 heterocycles. The highest BCUT2D eigenvalue weighted by atomic mass is 32.2. The maximum Gasteiger partial charge on any atom is 0.232 e. The van der Waals surface area contributed by atoms with Gasteiger partial charge in [0.2, 0.25) is 10.0 Å². The van der Waals surface area contributed by atoms with Gasteiger partial charge in [0.1, 0.15) is 19.0 Å². The number of sulfonamides is 1. The van der Waals surface area contributed by atoms with Crippen LogP contribution in [0.1, 0.15) is 26.7 Å². The van der Waals surface area contributed by atoms with Gasteiger partial charge in [-0.2, -0.15) is 0 Å². The molecule has 0 aliphatic rings. The first-order valence-corrected chi connectivity index (χ1v) is 11.8. The van der Waals surface area contributed by atoms with Crippen molar-refractivity contribution in [3.8, 4) is 17.0 Å². The topological polar surface area (TPSA) is 86.3 Å². The Bertz CT molecular complexity index is 1110. The average molecular weight is 434 g/mol. The highest BCUT2D eigenvalue weighted by molar-refractivity contribution is 7.92. The molecule has 8 heteroatoms. The summed E-state index contributed by atoms with van der Waals surface area (Å²) in [7, 11) is -3.35. The molecule has 3 rings (SSSR count). The molecule has 1 aromatic heterocycles. The Balaban J connectivity index is 1.95. The third-order valence-corrected chi connectivity index (χ3v) is 6.31. The normalized spacial score (nSPS) is 11.7. The summed E-state index contributed by atoms with van der Waals surface area (Å²) in [6.07, 6.45) is 1.44. The Morgan fingerprint density at radius 1 is 1.13 bits per heavy atom. The first-order valence-electron chi connectivity index (χ1n) is 10.1. The molecule has 30 heavy (non-hydrogen) atoms. The summed E-state index contributed by atoms with van der Waals surface area (Å²) in [6, 6.07) is 12.7. The third-order valence-electron chi connectivity index (χ3n) is 4.94. The number of hydrogen-bond acceptors (Lipinski definition) is 4. The Morgan fingerprint density at radius 2 is 1.87 bits per heavy atom. The van der Waals surface area contributed by atoms with Crippen LogP contribution in [0.3, 0.4) is 0 Å². The van der Waals surface area contributed by atoms with E-state index >= 15 is 0 Å². The molecule has 0 amide bonds. The second-order valence-corrected chi connectivity index (χ2v) is 8.92. The molecule has 0 radical (unpaired) electrons. The predicted octanol–water partition coefficient (Wildman–Crippen LogP) is 4.80. The van der Waals surface area contributed by atoms with Gasteiger partial charge in [-0.05, 0) is 37.6 Å². The molecule has 0 atom stereocenters. The van der Waals surface area contributed by atoms with Crippen molar-refractivity contribution in [3.05, 3.63) is 42.5 Å². The van der Waals surface area contributed by atoms with Crippen LogP contribution >= 0.6 is 0 Å². The maximum atomic E-state index is 12.4. The fourth-order valence-electron chi connectivity index (χ4n) is 3.50. The summed E-state index contributed by atoms with van der Waals surface area (Å²) in [6.45, 7) is 4.12. The van der Waals surface area contributed by atoms with E-state index in [1.54, 1.807) is 18.2 Å². The third kappa shape index (κ3) is 4.70. The first kappa shape index (κ1) is 22.0. The molecule has 0 saturated carbocycles. The van der Waals surface area contributed by atoms with Gasteiger partial charge in [0, 0.05) is 29.2 Å². The lowest BCUT2D eigenvalue weighted by Gasteiger charge is -2.11. The monoisotopic (exact) mass is 433 g/mol. The quantitative estimate of drug-likeness (QED) is 0.481. The van der Waals surface area contributed by atoms with Gasteiger partial charge in [-0.1, -0.05) is 25.5 Å². The van der Waals surface area contributed by atoms with Crippen LogP contribution in [0.25, 0.3) is 22.2 Å². The lowest BCUT2D eigenvalue weighted by Crippen LogP contribution is -2.16. The zero-order valence-electron chi connectivity index (χ0n) is 17.3. The lowest BCUT2D eigenvalue weighted by atomic mass is 10.1. The second kappa shape index (κ2) is 9.38. The van der Waals surface area contributed by atoms with Crippen molar-refractivity contribution in [1.82, 2.24) is 4.57 Å². The molecule has 0 aliphatic heterocycles. The Hall–Kier alpha value is -2.74. The molecular formula is C22H28FN3O3S. The van der Waals surface area contributed by atoms with Gasteiger partial charge in [-0.3, -0.25) is 4.72 Å². The van der Waals surface area contributed by atoms with Gasteiger partial charge in [0.05, 0.1) is 22.7 Å². The number of fused-ring (bicyclic) bond motifs is 1. The number of ether oxygens (including phenoxy) is 1. The summed E-state index contributed by atoms with van der Waals surface area (Å²) in [5.74, 6) is 0.700. The molecule has 0 aliphatic carbocycles. The summed E-state index contributed by atoms with van der Waals surface area (Å²) >= 11 is 0. The first-order chi connectivity index (χ1) is 14.4. The molecule has 0 unspecified atom stereocenters. The van der Waals surface area contributed by atoms with Gasteiger partial charge in [-0.15, -0.1) is 0 Å². The van der Waals surface area contributed by atoms with Crippen LogP contribution in [-0.2, 0) is 16.6 Å². The number of rotatable bonds is 10. The SMILES string of the molecule is CCCCS(=O)(=O)Nc1ccc(-c2c(N)c3ccc(OCCF)cc3n2CC)cc1. The zero-order chi connectivity index (χ0) is 21.7. The molecular weight excluding hydrogens is 405 g/mol. The van der Waals surface area contributed by atoms with Crippen LogP contribution in [-0.4, -0.2) is 32.0 Å². The van der Waals surface area contributed by atoms with Crippen LogP contribution in [0, 0.1) is 0 Å². The molecule has 0 saturated heterocycles. The number of aromatic nitrogens is 1. The lowest BCUT2D eigenvalue weighted by molar-refractivity contribution is 0.273. The summed E-state index contributed by atoms with van der Waals surface area (Å²) in [5, 5.41) is 0.892. The molecule has 2 aromatic carbocycles. The molecule has 0 fully saturated rings. The number of anilines is 2. The van der Waals surface area contributed by atoms with Crippen LogP contribution in [0.4, 0.5) is 15.8 Å². The standard InChI is InChI=1S/C22H28FN3O3S/c1-3-5-14-30(27,28)25-17-8-6-16(7-9-17)22-21(24)19-11-10-18(29-13-12-23)15-20(19)26(22)4-2/h6-11,15,25H,3-5,12-14,24H2,1-2H3. The zero-order valence-corrected chi connectivity index (χ0v) is 18.1. The number of alkyl halides is 1. The van der Waals surface area contributed by atoms with E-state index in [1.807, 2.05) is 38.1 Å². The number of aryl methyl sites for hydroxylation is 1. The second-order valence-electron chi connectivity index (χ2n) is 7.07. The van der Waals surface area contributed by atoms with E-state index in [4.69, 9.17) is 10.5 Å². The molecule has 0 spiro atoms. The molecule has 0 bridgehead atoms. The minimum absolute atomic E-state index is 0.0102. The van der Waals surface area contributed by atoms with E-state index in [9.17, 15) is 12.8 Å². The van der Waals surface area contributed by atoms with Crippen LogP contribution in [0.5, 0.6) is 5.75 Å². The van der Waals surface area contributed by atoms with Crippen molar-refractivity contribution in [3.63, 3.8) is 0 Å². The largest absolute Gasteiger partial charge is 0.491 e. The van der Waals surface area contributed by atoms with Crippen LogP contribution in [0.2, 0.25) is 0 Å². The highest BCUT2D eigenvalue weighted by Crippen LogP contribution is 2.38. The highest BCUT2D eigenvalue weighted by Gasteiger charge is 2.17. The van der Waals surface area contributed by atoms with Crippen molar-refractivity contribution in [1.29, 1.82) is 0 Å². The Morgan fingerprint density at radius 3 is 2.50 bits per heavy atom. The summed E-state index contributed by atoms with van der Waals surface area (Å²) in [5.41, 5.74) is 10.3. The van der Waals surface area contributed by atoms with Crippen LogP contribution in [0.15, 0.2) is 42.5 Å². The molecule has 162 valence electrons. The van der Waals surface area contributed by atoms with E-state index in [-0.39, 0.29) is 12.4 Å². The number of halogens is 1. The predicted molar refractivity (Wildman–Crippen MR) is 121 cm³/mol. The fraction of sp³-hybridized carbons (Fsp3) is 0.364. The molecule has 3 N–H and O–H groups in total. The number of benzene rings is 2. The van der Waals surface area contributed by atoms with Crippen molar-refractivity contribution >= 4 is 32.3 Å². The van der Waals surface area contributed by atoms with Gasteiger partial charge < -0.3 is 15.0 Å². The van der Waals surface area contributed by atoms with Crippen molar-refractivity contribution in [2.24, 2.45) is 0 Å².